The molecule has 1 aliphatic heterocycles. The molecule has 1 heterocycles. The minimum atomic E-state index is -4.05. The first-order valence-corrected chi connectivity index (χ1v) is 11.6. The average molecular weight is 444 g/mol. The van der Waals surface area contributed by atoms with Crippen molar-refractivity contribution >= 4 is 32.6 Å². The van der Waals surface area contributed by atoms with Gasteiger partial charge in [0.25, 0.3) is 0 Å². The molecule has 0 saturated heterocycles. The maximum atomic E-state index is 12.4. The van der Waals surface area contributed by atoms with Gasteiger partial charge < -0.3 is 9.84 Å². The highest BCUT2D eigenvalue weighted by molar-refractivity contribution is 7.91. The Labute approximate surface area is 181 Å². The number of anilines is 1. The minimum absolute atomic E-state index is 0.0647. The van der Waals surface area contributed by atoms with Crippen LogP contribution < -0.4 is 13.8 Å². The van der Waals surface area contributed by atoms with E-state index in [0.717, 1.165) is 33.3 Å². The van der Waals surface area contributed by atoms with E-state index < -0.39 is 22.1 Å². The van der Waals surface area contributed by atoms with Crippen molar-refractivity contribution in [3.8, 4) is 11.8 Å². The first-order chi connectivity index (χ1) is 14.7. The van der Waals surface area contributed by atoms with Gasteiger partial charge in [-0.3, -0.25) is 4.79 Å². The van der Waals surface area contributed by atoms with Gasteiger partial charge in [0.15, 0.2) is 5.75 Å². The van der Waals surface area contributed by atoms with Crippen LogP contribution in [-0.2, 0) is 21.4 Å². The van der Waals surface area contributed by atoms with Crippen LogP contribution >= 0.6 is 0 Å². The van der Waals surface area contributed by atoms with E-state index in [1.54, 1.807) is 12.1 Å². The number of benzene rings is 2. The summed E-state index contributed by atoms with van der Waals surface area (Å²) >= 11 is 0. The van der Waals surface area contributed by atoms with Crippen LogP contribution in [-0.4, -0.2) is 19.5 Å². The zero-order chi connectivity index (χ0) is 22.6. The highest BCUT2D eigenvalue weighted by Crippen LogP contribution is 2.37. The Morgan fingerprint density at radius 1 is 1.29 bits per heavy atom. The predicted octanol–water partition coefficient (Wildman–Crippen LogP) is 4.04. The Kier molecular flexibility index (Phi) is 6.71. The molecule has 0 radical (unpaired) electrons. The number of esters is 1. The van der Waals surface area contributed by atoms with Crippen LogP contribution in [0.3, 0.4) is 0 Å². The zero-order valence-electron chi connectivity index (χ0n) is 17.5. The molecule has 0 spiro atoms. The number of aliphatic hydroxyl groups is 1. The molecule has 3 rings (SSSR count). The van der Waals surface area contributed by atoms with Crippen LogP contribution in [0.1, 0.15) is 45.1 Å². The molecule has 8 nitrogen and oxygen atoms in total. The fourth-order valence-electron chi connectivity index (χ4n) is 3.25. The molecule has 0 bridgehead atoms. The number of fused-ring (bicyclic) bond motifs is 1. The molecule has 2 aromatic rings. The third kappa shape index (κ3) is 5.27. The zero-order valence-corrected chi connectivity index (χ0v) is 18.3. The lowest BCUT2D eigenvalue weighted by atomic mass is 9.99. The molecular weight excluding hydrogens is 418 g/mol. The minimum Gasteiger partial charge on any atom is -0.493 e. The second-order valence-corrected chi connectivity index (χ2v) is 9.11. The number of hydrogen-bond donors (Lipinski definition) is 2. The summed E-state index contributed by atoms with van der Waals surface area (Å²) in [6.45, 7) is 3.82. The first kappa shape index (κ1) is 22.4. The summed E-state index contributed by atoms with van der Waals surface area (Å²) in [7, 11) is -4.05. The molecule has 0 fully saturated rings. The molecule has 2 aromatic carbocycles. The predicted molar refractivity (Wildman–Crippen MR) is 117 cm³/mol. The fraction of sp³-hybridized carbons (Fsp3) is 0.364. The molecule has 9 heteroatoms. The van der Waals surface area contributed by atoms with Crippen molar-refractivity contribution in [1.29, 1.82) is 5.26 Å². The summed E-state index contributed by atoms with van der Waals surface area (Å²) in [6.07, 6.45) is 4.15. The van der Waals surface area contributed by atoms with Crippen molar-refractivity contribution < 1.29 is 23.1 Å². The number of carbonyl (C=O) groups is 1. The third-order valence-corrected chi connectivity index (χ3v) is 6.28. The Morgan fingerprint density at radius 2 is 2.06 bits per heavy atom. The Balaban J connectivity index is 2.04. The maximum absolute atomic E-state index is 12.4. The average Bonchev–Trinajstić information content (AvgIpc) is 3.01. The van der Waals surface area contributed by atoms with Gasteiger partial charge in [0.2, 0.25) is 5.88 Å². The van der Waals surface area contributed by atoms with E-state index in [-0.39, 0.29) is 23.8 Å². The summed E-state index contributed by atoms with van der Waals surface area (Å²) in [5, 5.41) is 20.2. The van der Waals surface area contributed by atoms with Crippen molar-refractivity contribution in [2.24, 2.45) is 5.92 Å². The summed E-state index contributed by atoms with van der Waals surface area (Å²) in [6, 6.07) is 11.2. The number of carbonyl (C=O) groups excluding carboxylic acids is 1. The SMILES string of the molecule is CCCCC(=O)Oc1cc2ccc(CCC(C)C#N)cc2cc1N1C=C(O)NS1(=O)=O. The van der Waals surface area contributed by atoms with Gasteiger partial charge in [0, 0.05) is 12.3 Å². The first-order valence-electron chi connectivity index (χ1n) is 10.1. The monoisotopic (exact) mass is 443 g/mol. The molecule has 164 valence electrons. The van der Waals surface area contributed by atoms with Crippen LogP contribution in [0.2, 0.25) is 0 Å². The normalized spacial score (nSPS) is 15.8. The highest BCUT2D eigenvalue weighted by atomic mass is 32.2. The van der Waals surface area contributed by atoms with Crippen molar-refractivity contribution in [2.45, 2.75) is 46.0 Å². The number of unbranched alkanes of at least 4 members (excludes halogenated alkanes) is 1. The van der Waals surface area contributed by atoms with Gasteiger partial charge in [0.1, 0.15) is 5.69 Å². The number of aliphatic hydroxyl groups excluding tert-OH is 1. The van der Waals surface area contributed by atoms with Gasteiger partial charge in [-0.2, -0.15) is 13.7 Å². The molecule has 0 aromatic heterocycles. The van der Waals surface area contributed by atoms with E-state index in [4.69, 9.17) is 10.00 Å². The molecule has 31 heavy (non-hydrogen) atoms. The largest absolute Gasteiger partial charge is 0.493 e. The van der Waals surface area contributed by atoms with Gasteiger partial charge in [0.05, 0.1) is 12.3 Å². The molecule has 0 amide bonds. The second kappa shape index (κ2) is 9.27. The molecule has 1 unspecified atom stereocenters. The van der Waals surface area contributed by atoms with Crippen molar-refractivity contribution in [2.75, 3.05) is 4.31 Å². The highest BCUT2D eigenvalue weighted by Gasteiger charge is 2.31. The number of nitrogens with zero attached hydrogens (tertiary/aromatic N) is 2. The number of ether oxygens (including phenoxy) is 1. The lowest BCUT2D eigenvalue weighted by Crippen LogP contribution is -2.30. The van der Waals surface area contributed by atoms with Crippen LogP contribution in [0.5, 0.6) is 5.75 Å². The molecule has 2 N–H and O–H groups in total. The Hall–Kier alpha value is -3.25. The summed E-state index contributed by atoms with van der Waals surface area (Å²) in [5.74, 6) is -0.953. The number of nitrogens with one attached hydrogen (secondary N) is 1. The lowest BCUT2D eigenvalue weighted by Gasteiger charge is -2.19. The van der Waals surface area contributed by atoms with Gasteiger partial charge in [-0.25, -0.2) is 9.03 Å². The van der Waals surface area contributed by atoms with Gasteiger partial charge >= 0.3 is 16.2 Å². The molecule has 1 aliphatic rings. The van der Waals surface area contributed by atoms with E-state index in [1.165, 1.54) is 0 Å². The second-order valence-electron chi connectivity index (χ2n) is 7.57. The van der Waals surface area contributed by atoms with E-state index in [1.807, 2.05) is 36.8 Å². The fourth-order valence-corrected chi connectivity index (χ4v) is 4.31. The quantitative estimate of drug-likeness (QED) is 0.469. The van der Waals surface area contributed by atoms with Crippen LogP contribution in [0.25, 0.3) is 10.8 Å². The van der Waals surface area contributed by atoms with E-state index in [2.05, 4.69) is 6.07 Å². The third-order valence-electron chi connectivity index (χ3n) is 5.00. The maximum Gasteiger partial charge on any atom is 0.330 e. The lowest BCUT2D eigenvalue weighted by molar-refractivity contribution is -0.134. The molecule has 0 aliphatic carbocycles. The summed E-state index contributed by atoms with van der Waals surface area (Å²) < 4.78 is 33.2. The smallest absolute Gasteiger partial charge is 0.330 e. The molecule has 1 atom stereocenters. The number of nitriles is 1. The van der Waals surface area contributed by atoms with Crippen LogP contribution in [0.4, 0.5) is 5.69 Å². The number of rotatable bonds is 8. The Morgan fingerprint density at radius 3 is 2.71 bits per heavy atom. The standard InChI is InChI=1S/C22H25N3O5S/c1-3-4-5-22(27)30-20-12-17-9-8-16(7-6-15(2)13-23)10-18(17)11-19(20)25-14-21(26)24-31(25,28)29/h8-12,14-15,24,26H,3-7H2,1-2H3. The van der Waals surface area contributed by atoms with E-state index >= 15 is 0 Å². The number of aryl methyl sites for hydroxylation is 1. The van der Waals surface area contributed by atoms with Crippen LogP contribution in [0, 0.1) is 17.2 Å². The van der Waals surface area contributed by atoms with Crippen molar-refractivity contribution in [3.05, 3.63) is 48.0 Å². The number of hydrogen-bond acceptors (Lipinski definition) is 6. The van der Waals surface area contributed by atoms with Crippen molar-refractivity contribution in [1.82, 2.24) is 4.72 Å². The van der Waals surface area contributed by atoms with Gasteiger partial charge in [-0.1, -0.05) is 31.5 Å². The molecular formula is C22H25N3O5S. The topological polar surface area (TPSA) is 120 Å². The van der Waals surface area contributed by atoms with Crippen LogP contribution in [0.15, 0.2) is 42.4 Å². The van der Waals surface area contributed by atoms with E-state index in [0.29, 0.717) is 19.3 Å². The van der Waals surface area contributed by atoms with Crippen molar-refractivity contribution in [3.63, 3.8) is 0 Å². The van der Waals surface area contributed by atoms with Gasteiger partial charge in [-0.15, -0.1) is 0 Å². The van der Waals surface area contributed by atoms with E-state index in [9.17, 15) is 18.3 Å². The summed E-state index contributed by atoms with van der Waals surface area (Å²) in [4.78, 5) is 12.2. The summed E-state index contributed by atoms with van der Waals surface area (Å²) in [5.41, 5.74) is 1.13. The Bertz CT molecular complexity index is 1170. The van der Waals surface area contributed by atoms with Gasteiger partial charge in [-0.05, 0) is 54.7 Å². The molecule has 0 saturated carbocycles.